The van der Waals surface area contributed by atoms with Crippen molar-refractivity contribution in [1.29, 1.82) is 0 Å². The van der Waals surface area contributed by atoms with Gasteiger partial charge in [-0.2, -0.15) is 0 Å². The molecule has 0 radical (unpaired) electrons. The number of nitrogens with zero attached hydrogens (tertiary/aromatic N) is 1. The summed E-state index contributed by atoms with van der Waals surface area (Å²) < 4.78 is 5.69. The van der Waals surface area contributed by atoms with Gasteiger partial charge in [0.1, 0.15) is 5.75 Å². The van der Waals surface area contributed by atoms with E-state index in [0.717, 1.165) is 38.0 Å². The Morgan fingerprint density at radius 1 is 1.33 bits per heavy atom. The Hall–Kier alpha value is -1.06. The highest BCUT2D eigenvalue weighted by Crippen LogP contribution is 2.32. The molecule has 1 N–H and O–H groups in total. The summed E-state index contributed by atoms with van der Waals surface area (Å²) in [6.45, 7) is 4.08. The lowest BCUT2D eigenvalue weighted by Crippen LogP contribution is -2.32. The van der Waals surface area contributed by atoms with Crippen LogP contribution in [0.2, 0.25) is 0 Å². The Kier molecular flexibility index (Phi) is 3.52. The Labute approximate surface area is 109 Å². The molecular formula is C15H22N2O. The normalized spacial score (nSPS) is 22.0. The lowest BCUT2D eigenvalue weighted by Gasteiger charge is -2.17. The molecule has 1 atom stereocenters. The first-order valence-corrected chi connectivity index (χ1v) is 6.97. The van der Waals surface area contributed by atoms with E-state index in [1.807, 2.05) is 6.07 Å². The van der Waals surface area contributed by atoms with Gasteiger partial charge in [-0.3, -0.25) is 0 Å². The van der Waals surface area contributed by atoms with E-state index in [9.17, 15) is 0 Å². The van der Waals surface area contributed by atoms with E-state index < -0.39 is 0 Å². The SMILES string of the molecule is CN(CCNCC1COc2ccccc21)C1CC1. The minimum Gasteiger partial charge on any atom is -0.493 e. The lowest BCUT2D eigenvalue weighted by molar-refractivity contribution is 0.308. The van der Waals surface area contributed by atoms with Gasteiger partial charge in [-0.1, -0.05) is 18.2 Å². The minimum absolute atomic E-state index is 0.521. The van der Waals surface area contributed by atoms with Gasteiger partial charge in [0.25, 0.3) is 0 Å². The monoisotopic (exact) mass is 246 g/mol. The third kappa shape index (κ3) is 2.68. The number of likely N-dealkylation sites (N-methyl/N-ethyl adjacent to an activating group) is 1. The second-order valence-corrected chi connectivity index (χ2v) is 5.46. The molecule has 3 rings (SSSR count). The van der Waals surface area contributed by atoms with Gasteiger partial charge < -0.3 is 15.0 Å². The number of para-hydroxylation sites is 1. The zero-order valence-electron chi connectivity index (χ0n) is 11.1. The number of rotatable bonds is 6. The van der Waals surface area contributed by atoms with Crippen molar-refractivity contribution in [3.05, 3.63) is 29.8 Å². The fraction of sp³-hybridized carbons (Fsp3) is 0.600. The predicted molar refractivity (Wildman–Crippen MR) is 73.2 cm³/mol. The zero-order valence-corrected chi connectivity index (χ0v) is 11.1. The summed E-state index contributed by atoms with van der Waals surface area (Å²) in [6, 6.07) is 9.25. The maximum Gasteiger partial charge on any atom is 0.122 e. The Morgan fingerprint density at radius 2 is 2.17 bits per heavy atom. The molecule has 0 spiro atoms. The topological polar surface area (TPSA) is 24.5 Å². The molecule has 18 heavy (non-hydrogen) atoms. The van der Waals surface area contributed by atoms with E-state index in [1.54, 1.807) is 0 Å². The van der Waals surface area contributed by atoms with Crippen LogP contribution in [0.5, 0.6) is 5.75 Å². The molecule has 0 amide bonds. The van der Waals surface area contributed by atoms with Crippen LogP contribution >= 0.6 is 0 Å². The summed E-state index contributed by atoms with van der Waals surface area (Å²) in [5, 5.41) is 3.56. The predicted octanol–water partition coefficient (Wildman–Crippen LogP) is 1.85. The van der Waals surface area contributed by atoms with Gasteiger partial charge in [0.05, 0.1) is 6.61 Å². The van der Waals surface area contributed by atoms with Crippen LogP contribution in [0.1, 0.15) is 24.3 Å². The first-order valence-electron chi connectivity index (χ1n) is 6.97. The summed E-state index contributed by atoms with van der Waals surface area (Å²) in [5.74, 6) is 1.59. The van der Waals surface area contributed by atoms with Crippen LogP contribution in [0.15, 0.2) is 24.3 Å². The molecule has 1 aromatic rings. The molecule has 98 valence electrons. The molecule has 1 aliphatic heterocycles. The summed E-state index contributed by atoms with van der Waals surface area (Å²) in [7, 11) is 2.23. The molecule has 1 fully saturated rings. The highest BCUT2D eigenvalue weighted by Gasteiger charge is 2.26. The Bertz CT molecular complexity index is 403. The molecule has 1 aliphatic carbocycles. The smallest absolute Gasteiger partial charge is 0.122 e. The standard InChI is InChI=1S/C15H22N2O/c1-17(13-6-7-13)9-8-16-10-12-11-18-15-5-3-2-4-14(12)15/h2-5,12-13,16H,6-11H2,1H3. The van der Waals surface area contributed by atoms with E-state index in [-0.39, 0.29) is 0 Å². The van der Waals surface area contributed by atoms with Gasteiger partial charge in [0.2, 0.25) is 0 Å². The van der Waals surface area contributed by atoms with Crippen LogP contribution in [0.25, 0.3) is 0 Å². The summed E-state index contributed by atoms with van der Waals surface area (Å²) in [4.78, 5) is 2.46. The van der Waals surface area contributed by atoms with Crippen molar-refractivity contribution in [2.24, 2.45) is 0 Å². The molecule has 0 bridgehead atoms. The summed E-state index contributed by atoms with van der Waals surface area (Å²) in [5.41, 5.74) is 1.36. The van der Waals surface area contributed by atoms with Crippen molar-refractivity contribution in [3.63, 3.8) is 0 Å². The number of benzene rings is 1. The third-order valence-corrected chi connectivity index (χ3v) is 4.00. The zero-order chi connectivity index (χ0) is 12.4. The highest BCUT2D eigenvalue weighted by molar-refractivity contribution is 5.39. The lowest BCUT2D eigenvalue weighted by atomic mass is 10.0. The van der Waals surface area contributed by atoms with Crippen molar-refractivity contribution in [2.45, 2.75) is 24.8 Å². The molecule has 0 saturated heterocycles. The van der Waals surface area contributed by atoms with E-state index in [4.69, 9.17) is 4.74 Å². The molecule has 1 unspecified atom stereocenters. The number of ether oxygens (including phenoxy) is 1. The maximum atomic E-state index is 5.69. The van der Waals surface area contributed by atoms with Crippen LogP contribution < -0.4 is 10.1 Å². The Morgan fingerprint density at radius 3 is 3.00 bits per heavy atom. The van der Waals surface area contributed by atoms with Crippen molar-refractivity contribution in [3.8, 4) is 5.75 Å². The number of fused-ring (bicyclic) bond motifs is 1. The van der Waals surface area contributed by atoms with Crippen LogP contribution in [0.4, 0.5) is 0 Å². The first kappa shape index (κ1) is 12.0. The average molecular weight is 246 g/mol. The van der Waals surface area contributed by atoms with Gasteiger partial charge >= 0.3 is 0 Å². The second-order valence-electron chi connectivity index (χ2n) is 5.46. The van der Waals surface area contributed by atoms with Gasteiger partial charge in [-0.05, 0) is 26.0 Å². The third-order valence-electron chi connectivity index (χ3n) is 4.00. The van der Waals surface area contributed by atoms with Crippen molar-refractivity contribution < 1.29 is 4.74 Å². The van der Waals surface area contributed by atoms with Gasteiger partial charge in [-0.15, -0.1) is 0 Å². The van der Waals surface area contributed by atoms with Crippen molar-refractivity contribution >= 4 is 0 Å². The van der Waals surface area contributed by atoms with Crippen LogP contribution in [-0.4, -0.2) is 44.2 Å². The maximum absolute atomic E-state index is 5.69. The van der Waals surface area contributed by atoms with E-state index in [0.29, 0.717) is 5.92 Å². The molecule has 3 heteroatoms. The highest BCUT2D eigenvalue weighted by atomic mass is 16.5. The molecule has 0 aromatic heterocycles. The second kappa shape index (κ2) is 5.29. The van der Waals surface area contributed by atoms with Crippen LogP contribution in [0, 0.1) is 0 Å². The largest absolute Gasteiger partial charge is 0.493 e. The number of hydrogen-bond donors (Lipinski definition) is 1. The Balaban J connectivity index is 1.41. The van der Waals surface area contributed by atoms with Gasteiger partial charge in [-0.25, -0.2) is 0 Å². The van der Waals surface area contributed by atoms with Crippen LogP contribution in [0.3, 0.4) is 0 Å². The number of nitrogens with one attached hydrogen (secondary N) is 1. The van der Waals surface area contributed by atoms with Crippen LogP contribution in [-0.2, 0) is 0 Å². The van der Waals surface area contributed by atoms with Crippen molar-refractivity contribution in [2.75, 3.05) is 33.3 Å². The first-order chi connectivity index (χ1) is 8.84. The minimum atomic E-state index is 0.521. The fourth-order valence-corrected chi connectivity index (χ4v) is 2.63. The molecular weight excluding hydrogens is 224 g/mol. The molecule has 3 nitrogen and oxygen atoms in total. The summed E-state index contributed by atoms with van der Waals surface area (Å²) in [6.07, 6.45) is 2.78. The van der Waals surface area contributed by atoms with Gasteiger partial charge in [0.15, 0.2) is 0 Å². The molecule has 2 aliphatic rings. The average Bonchev–Trinajstić information content (AvgIpc) is 3.17. The van der Waals surface area contributed by atoms with E-state index in [2.05, 4.69) is 35.5 Å². The molecule has 1 saturated carbocycles. The van der Waals surface area contributed by atoms with E-state index in [1.165, 1.54) is 18.4 Å². The quantitative estimate of drug-likeness (QED) is 0.775. The fourth-order valence-electron chi connectivity index (χ4n) is 2.63. The molecule has 1 heterocycles. The number of hydrogen-bond acceptors (Lipinski definition) is 3. The van der Waals surface area contributed by atoms with Gasteiger partial charge in [0, 0.05) is 37.2 Å². The van der Waals surface area contributed by atoms with E-state index >= 15 is 0 Å². The summed E-state index contributed by atoms with van der Waals surface area (Å²) >= 11 is 0. The molecule has 1 aromatic carbocycles. The van der Waals surface area contributed by atoms with Crippen molar-refractivity contribution in [1.82, 2.24) is 10.2 Å².